The van der Waals surface area contributed by atoms with Gasteiger partial charge >= 0.3 is 11.9 Å². The van der Waals surface area contributed by atoms with Crippen LogP contribution < -0.4 is 11.1 Å². The van der Waals surface area contributed by atoms with Crippen LogP contribution in [0.15, 0.2) is 16.8 Å². The molecule has 0 fully saturated rings. The van der Waals surface area contributed by atoms with Crippen LogP contribution in [0.2, 0.25) is 0 Å². The average Bonchev–Trinajstić information content (AvgIpc) is 2.38. The Hall–Kier alpha value is -2.42. The van der Waals surface area contributed by atoms with E-state index in [0.29, 0.717) is 0 Å². The molecule has 0 saturated carbocycles. The monoisotopic (exact) mass is 299 g/mol. The second-order valence-electron chi connectivity index (χ2n) is 4.46. The minimum atomic E-state index is -2.67. The quantitative estimate of drug-likeness (QED) is 0.446. The fourth-order valence-electron chi connectivity index (χ4n) is 1.71. The number of rotatable bonds is 6. The second kappa shape index (κ2) is 6.35. The number of aliphatic imine (C=N–C) groups is 1. The van der Waals surface area contributed by atoms with Crippen LogP contribution in [-0.2, 0) is 19.1 Å². The number of carbonyl (C=O) groups is 3. The van der Waals surface area contributed by atoms with E-state index in [1.54, 1.807) is 13.8 Å². The predicted octanol–water partition coefficient (Wildman–Crippen LogP) is -1.28. The van der Waals surface area contributed by atoms with Crippen LogP contribution >= 0.6 is 0 Å². The van der Waals surface area contributed by atoms with Crippen molar-refractivity contribution in [3.8, 4) is 0 Å². The van der Waals surface area contributed by atoms with E-state index in [0.717, 1.165) is 6.20 Å². The lowest BCUT2D eigenvalue weighted by molar-refractivity contribution is -0.147. The molecule has 2 unspecified atom stereocenters. The van der Waals surface area contributed by atoms with Gasteiger partial charge in [-0.15, -0.1) is 0 Å². The SMILES string of the molecule is CCOC(=O)C(C)CC1=NC(O)(C(N)=O)C(C(=O)O)=CN1. The van der Waals surface area contributed by atoms with E-state index < -0.39 is 35.1 Å². The summed E-state index contributed by atoms with van der Waals surface area (Å²) in [4.78, 5) is 37.4. The number of nitrogens with two attached hydrogens (primary N) is 1. The number of nitrogens with one attached hydrogen (secondary N) is 1. The van der Waals surface area contributed by atoms with Crippen molar-refractivity contribution in [1.29, 1.82) is 0 Å². The molecule has 21 heavy (non-hydrogen) atoms. The van der Waals surface area contributed by atoms with Crippen LogP contribution in [0.3, 0.4) is 0 Å². The molecule has 0 aliphatic carbocycles. The first-order valence-electron chi connectivity index (χ1n) is 6.20. The van der Waals surface area contributed by atoms with E-state index in [-0.39, 0.29) is 18.9 Å². The predicted molar refractivity (Wildman–Crippen MR) is 70.8 cm³/mol. The highest BCUT2D eigenvalue weighted by Gasteiger charge is 2.44. The molecule has 0 aromatic heterocycles. The van der Waals surface area contributed by atoms with Gasteiger partial charge in [-0.2, -0.15) is 0 Å². The fourth-order valence-corrected chi connectivity index (χ4v) is 1.71. The number of carboxylic acid groups (broad SMARTS) is 1. The van der Waals surface area contributed by atoms with Gasteiger partial charge in [-0.05, 0) is 6.92 Å². The van der Waals surface area contributed by atoms with E-state index >= 15 is 0 Å². The number of nitrogens with zero attached hydrogens (tertiary/aromatic N) is 1. The minimum Gasteiger partial charge on any atom is -0.478 e. The molecule has 0 radical (unpaired) electrons. The van der Waals surface area contributed by atoms with Crippen molar-refractivity contribution in [3.63, 3.8) is 0 Å². The van der Waals surface area contributed by atoms with Crippen LogP contribution in [0.1, 0.15) is 20.3 Å². The van der Waals surface area contributed by atoms with Gasteiger partial charge in [0.2, 0.25) is 0 Å². The number of carbonyl (C=O) groups excluding carboxylic acids is 2. The molecule has 9 heteroatoms. The van der Waals surface area contributed by atoms with Crippen molar-refractivity contribution < 1.29 is 29.3 Å². The number of hydrogen-bond donors (Lipinski definition) is 4. The third-order valence-electron chi connectivity index (χ3n) is 2.82. The lowest BCUT2D eigenvalue weighted by Crippen LogP contribution is -2.50. The summed E-state index contributed by atoms with van der Waals surface area (Å²) in [6.07, 6.45) is 0.950. The first kappa shape index (κ1) is 16.6. The molecule has 1 heterocycles. The fraction of sp³-hybridized carbons (Fsp3) is 0.500. The number of aliphatic hydroxyl groups is 1. The Morgan fingerprint density at radius 2 is 2.14 bits per heavy atom. The highest BCUT2D eigenvalue weighted by atomic mass is 16.5. The standard InChI is InChI=1S/C12H17N3O6/c1-3-21-10(18)6(2)4-8-14-5-7(9(16)17)12(20,15-8)11(13)19/h5-6,20H,3-4H2,1-2H3,(H2,13,19)(H,14,15)(H,16,17). The van der Waals surface area contributed by atoms with Crippen molar-refractivity contribution >= 4 is 23.7 Å². The molecule has 1 aliphatic rings. The highest BCUT2D eigenvalue weighted by molar-refractivity contribution is 6.04. The number of amides is 1. The van der Waals surface area contributed by atoms with Crippen molar-refractivity contribution in [3.05, 3.63) is 11.8 Å². The molecule has 0 spiro atoms. The lowest BCUT2D eigenvalue weighted by Gasteiger charge is -2.27. The zero-order valence-electron chi connectivity index (χ0n) is 11.6. The number of esters is 1. The van der Waals surface area contributed by atoms with Gasteiger partial charge in [-0.1, -0.05) is 6.92 Å². The smallest absolute Gasteiger partial charge is 0.338 e. The summed E-state index contributed by atoms with van der Waals surface area (Å²) >= 11 is 0. The van der Waals surface area contributed by atoms with E-state index in [1.807, 2.05) is 0 Å². The number of carboxylic acids is 1. The maximum absolute atomic E-state index is 11.5. The van der Waals surface area contributed by atoms with Crippen molar-refractivity contribution in [2.24, 2.45) is 16.6 Å². The number of hydrogen-bond acceptors (Lipinski definition) is 7. The summed E-state index contributed by atoms with van der Waals surface area (Å²) in [5, 5.41) is 21.5. The molecular formula is C12H17N3O6. The van der Waals surface area contributed by atoms with Gasteiger partial charge in [0.05, 0.1) is 12.5 Å². The van der Waals surface area contributed by atoms with Crippen LogP contribution in [0.4, 0.5) is 0 Å². The molecule has 0 aromatic carbocycles. The molecular weight excluding hydrogens is 282 g/mol. The molecule has 2 atom stereocenters. The summed E-state index contributed by atoms with van der Waals surface area (Å²) in [6.45, 7) is 3.45. The number of ether oxygens (including phenoxy) is 1. The van der Waals surface area contributed by atoms with Crippen LogP contribution in [0.5, 0.6) is 0 Å². The Morgan fingerprint density at radius 3 is 2.62 bits per heavy atom. The molecule has 1 rings (SSSR count). The molecule has 5 N–H and O–H groups in total. The Kier molecular flexibility index (Phi) is 5.03. The molecule has 0 aromatic rings. The molecule has 116 valence electrons. The summed E-state index contributed by atoms with van der Waals surface area (Å²) in [6, 6.07) is 0. The van der Waals surface area contributed by atoms with Crippen LogP contribution in [0.25, 0.3) is 0 Å². The maximum Gasteiger partial charge on any atom is 0.338 e. The van der Waals surface area contributed by atoms with E-state index in [4.69, 9.17) is 15.6 Å². The molecule has 9 nitrogen and oxygen atoms in total. The van der Waals surface area contributed by atoms with Gasteiger partial charge in [0, 0.05) is 12.6 Å². The lowest BCUT2D eigenvalue weighted by atomic mass is 10.0. The van der Waals surface area contributed by atoms with Gasteiger partial charge in [-0.3, -0.25) is 9.59 Å². The van der Waals surface area contributed by atoms with Gasteiger partial charge < -0.3 is 26.0 Å². The Balaban J connectivity index is 2.95. The molecule has 1 aliphatic heterocycles. The molecule has 0 saturated heterocycles. The summed E-state index contributed by atoms with van der Waals surface area (Å²) in [5.74, 6) is -3.86. The highest BCUT2D eigenvalue weighted by Crippen LogP contribution is 2.23. The third-order valence-corrected chi connectivity index (χ3v) is 2.82. The van der Waals surface area contributed by atoms with Crippen molar-refractivity contribution in [2.45, 2.75) is 26.0 Å². The van der Waals surface area contributed by atoms with Gasteiger partial charge in [0.1, 0.15) is 11.4 Å². The first-order chi connectivity index (χ1) is 9.72. The molecule has 0 bridgehead atoms. The summed E-state index contributed by atoms with van der Waals surface area (Å²) in [7, 11) is 0. The number of primary amides is 1. The van der Waals surface area contributed by atoms with Crippen LogP contribution in [-0.4, -0.2) is 46.2 Å². The normalized spacial score (nSPS) is 22.4. The van der Waals surface area contributed by atoms with Gasteiger partial charge in [0.15, 0.2) is 0 Å². The van der Waals surface area contributed by atoms with E-state index in [1.165, 1.54) is 0 Å². The molecule has 1 amide bonds. The van der Waals surface area contributed by atoms with E-state index in [9.17, 15) is 19.5 Å². The zero-order chi connectivity index (χ0) is 16.2. The van der Waals surface area contributed by atoms with Crippen molar-refractivity contribution in [1.82, 2.24) is 5.32 Å². The largest absolute Gasteiger partial charge is 0.478 e. The third kappa shape index (κ3) is 3.57. The number of amidine groups is 1. The average molecular weight is 299 g/mol. The maximum atomic E-state index is 11.5. The van der Waals surface area contributed by atoms with Gasteiger partial charge in [0.25, 0.3) is 11.6 Å². The minimum absolute atomic E-state index is 0.0256. The Bertz CT molecular complexity index is 527. The van der Waals surface area contributed by atoms with E-state index in [2.05, 4.69) is 10.3 Å². The zero-order valence-corrected chi connectivity index (χ0v) is 11.6. The summed E-state index contributed by atoms with van der Waals surface area (Å²) in [5.41, 5.74) is 1.65. The Morgan fingerprint density at radius 1 is 1.52 bits per heavy atom. The van der Waals surface area contributed by atoms with Crippen molar-refractivity contribution in [2.75, 3.05) is 6.61 Å². The second-order valence-corrected chi connectivity index (χ2v) is 4.46. The number of aliphatic carboxylic acids is 1. The Labute approximate surface area is 120 Å². The summed E-state index contributed by atoms with van der Waals surface area (Å²) < 4.78 is 4.82. The van der Waals surface area contributed by atoms with Crippen LogP contribution in [0, 0.1) is 5.92 Å². The first-order valence-corrected chi connectivity index (χ1v) is 6.20. The van der Waals surface area contributed by atoms with Gasteiger partial charge in [-0.25, -0.2) is 9.79 Å². The topological polar surface area (TPSA) is 151 Å².